The van der Waals surface area contributed by atoms with Gasteiger partial charge in [-0.05, 0) is 79.9 Å². The van der Waals surface area contributed by atoms with Crippen LogP contribution < -0.4 is 10.6 Å². The molecule has 0 spiro atoms. The van der Waals surface area contributed by atoms with Gasteiger partial charge in [0.05, 0.1) is 5.56 Å². The number of hydrogen-bond acceptors (Lipinski definition) is 2. The molecule has 5 heteroatoms. The molecule has 1 atom stereocenters. The highest BCUT2D eigenvalue weighted by Gasteiger charge is 2.14. The summed E-state index contributed by atoms with van der Waals surface area (Å²) in [5.74, 6) is 0.766. The fraction of sp³-hybridized carbons (Fsp3) is 0.533. The van der Waals surface area contributed by atoms with Gasteiger partial charge in [0, 0.05) is 10.1 Å². The van der Waals surface area contributed by atoms with Crippen LogP contribution in [0.1, 0.15) is 35.2 Å². The zero-order chi connectivity index (χ0) is 13.7. The standard InChI is InChI=1S/C15H21IN2O.ClH/c1-11-4-5-14(16)13(9-11)15(19)18-8-6-12-3-2-7-17-10-12;/h4-5,9,12,17H,2-3,6-8,10H2,1H3,(H,18,19);1H. The molecule has 1 aliphatic heterocycles. The highest BCUT2D eigenvalue weighted by Crippen LogP contribution is 2.15. The molecule has 1 saturated heterocycles. The molecule has 112 valence electrons. The van der Waals surface area contributed by atoms with Gasteiger partial charge >= 0.3 is 0 Å². The van der Waals surface area contributed by atoms with Gasteiger partial charge in [-0.2, -0.15) is 0 Å². The number of halogens is 2. The normalized spacial score (nSPS) is 18.2. The minimum Gasteiger partial charge on any atom is -0.352 e. The number of amides is 1. The van der Waals surface area contributed by atoms with Gasteiger partial charge in [-0.15, -0.1) is 12.4 Å². The largest absolute Gasteiger partial charge is 0.352 e. The zero-order valence-corrected chi connectivity index (χ0v) is 14.7. The lowest BCUT2D eigenvalue weighted by atomic mass is 9.96. The monoisotopic (exact) mass is 408 g/mol. The summed E-state index contributed by atoms with van der Waals surface area (Å²) in [5.41, 5.74) is 1.92. The second-order valence-electron chi connectivity index (χ2n) is 5.24. The molecule has 20 heavy (non-hydrogen) atoms. The molecule has 1 aliphatic rings. The van der Waals surface area contributed by atoms with E-state index < -0.39 is 0 Å². The molecule has 1 unspecified atom stereocenters. The number of nitrogens with one attached hydrogen (secondary N) is 2. The van der Waals surface area contributed by atoms with Gasteiger partial charge in [-0.25, -0.2) is 0 Å². The summed E-state index contributed by atoms with van der Waals surface area (Å²) >= 11 is 2.22. The van der Waals surface area contributed by atoms with E-state index in [4.69, 9.17) is 0 Å². The first-order chi connectivity index (χ1) is 9.16. The van der Waals surface area contributed by atoms with Gasteiger partial charge in [0.25, 0.3) is 5.91 Å². The highest BCUT2D eigenvalue weighted by atomic mass is 127. The van der Waals surface area contributed by atoms with E-state index in [1.165, 1.54) is 12.8 Å². The van der Waals surface area contributed by atoms with E-state index in [1.807, 2.05) is 25.1 Å². The summed E-state index contributed by atoms with van der Waals surface area (Å²) in [4.78, 5) is 12.1. The number of carbonyl (C=O) groups excluding carboxylic acids is 1. The number of aryl methyl sites for hydroxylation is 1. The Hall–Kier alpha value is -0.330. The number of hydrogen-bond donors (Lipinski definition) is 2. The summed E-state index contributed by atoms with van der Waals surface area (Å²) < 4.78 is 1.01. The first-order valence-electron chi connectivity index (χ1n) is 6.92. The van der Waals surface area contributed by atoms with E-state index in [1.54, 1.807) is 0 Å². The molecule has 1 fully saturated rings. The van der Waals surface area contributed by atoms with Crippen molar-refractivity contribution in [3.05, 3.63) is 32.9 Å². The molecule has 1 aromatic rings. The molecule has 3 nitrogen and oxygen atoms in total. The van der Waals surface area contributed by atoms with Crippen LogP contribution in [0.2, 0.25) is 0 Å². The van der Waals surface area contributed by atoms with Crippen molar-refractivity contribution in [3.63, 3.8) is 0 Å². The molecule has 1 amide bonds. The molecule has 2 N–H and O–H groups in total. The van der Waals surface area contributed by atoms with E-state index in [-0.39, 0.29) is 18.3 Å². The Morgan fingerprint density at radius 3 is 3.00 bits per heavy atom. The van der Waals surface area contributed by atoms with Gasteiger partial charge in [-0.3, -0.25) is 4.79 Å². The molecule has 0 radical (unpaired) electrons. The minimum absolute atomic E-state index is 0. The SMILES string of the molecule is Cc1ccc(I)c(C(=O)NCCC2CCCNC2)c1.Cl. The van der Waals surface area contributed by atoms with Crippen molar-refractivity contribution in [1.29, 1.82) is 0 Å². The predicted octanol–water partition coefficient (Wildman–Crippen LogP) is 3.14. The second-order valence-corrected chi connectivity index (χ2v) is 6.40. The van der Waals surface area contributed by atoms with Crippen LogP contribution in [-0.4, -0.2) is 25.5 Å². The molecular weight excluding hydrogens is 387 g/mol. The van der Waals surface area contributed by atoms with E-state index in [0.717, 1.165) is 40.8 Å². The van der Waals surface area contributed by atoms with Gasteiger partial charge < -0.3 is 10.6 Å². The smallest absolute Gasteiger partial charge is 0.252 e. The molecular formula is C15H22ClIN2O. The van der Waals surface area contributed by atoms with Crippen LogP contribution in [0.25, 0.3) is 0 Å². The Morgan fingerprint density at radius 2 is 2.30 bits per heavy atom. The predicted molar refractivity (Wildman–Crippen MR) is 93.7 cm³/mol. The average Bonchev–Trinajstić information content (AvgIpc) is 2.42. The number of carbonyl (C=O) groups is 1. The Kier molecular flexibility index (Phi) is 7.84. The maximum atomic E-state index is 12.1. The lowest BCUT2D eigenvalue weighted by molar-refractivity contribution is 0.0949. The lowest BCUT2D eigenvalue weighted by Crippen LogP contribution is -2.33. The third-order valence-electron chi connectivity index (χ3n) is 3.60. The van der Waals surface area contributed by atoms with Crippen molar-refractivity contribution >= 4 is 40.9 Å². The number of rotatable bonds is 4. The molecule has 2 rings (SSSR count). The lowest BCUT2D eigenvalue weighted by Gasteiger charge is -2.22. The van der Waals surface area contributed by atoms with Crippen LogP contribution in [0.15, 0.2) is 18.2 Å². The maximum absolute atomic E-state index is 12.1. The van der Waals surface area contributed by atoms with Crippen molar-refractivity contribution < 1.29 is 4.79 Å². The van der Waals surface area contributed by atoms with Crippen LogP contribution in [-0.2, 0) is 0 Å². The van der Waals surface area contributed by atoms with Crippen LogP contribution in [0.3, 0.4) is 0 Å². The van der Waals surface area contributed by atoms with Crippen LogP contribution in [0.5, 0.6) is 0 Å². The van der Waals surface area contributed by atoms with Gasteiger partial charge in [0.2, 0.25) is 0 Å². The van der Waals surface area contributed by atoms with Gasteiger partial charge in [-0.1, -0.05) is 11.6 Å². The molecule has 1 aromatic carbocycles. The molecule has 0 bridgehead atoms. The highest BCUT2D eigenvalue weighted by molar-refractivity contribution is 14.1. The quantitative estimate of drug-likeness (QED) is 0.752. The first-order valence-corrected chi connectivity index (χ1v) is 8.00. The van der Waals surface area contributed by atoms with Gasteiger partial charge in [0.1, 0.15) is 0 Å². The Balaban J connectivity index is 0.00000200. The summed E-state index contributed by atoms with van der Waals surface area (Å²) in [6, 6.07) is 5.99. The summed E-state index contributed by atoms with van der Waals surface area (Å²) in [7, 11) is 0. The van der Waals surface area contributed by atoms with Crippen molar-refractivity contribution in [2.24, 2.45) is 5.92 Å². The minimum atomic E-state index is 0. The third-order valence-corrected chi connectivity index (χ3v) is 4.54. The Bertz CT molecular complexity index is 447. The van der Waals surface area contributed by atoms with E-state index in [0.29, 0.717) is 5.92 Å². The van der Waals surface area contributed by atoms with Crippen LogP contribution >= 0.6 is 35.0 Å². The van der Waals surface area contributed by atoms with Crippen molar-refractivity contribution in [2.75, 3.05) is 19.6 Å². The average molecular weight is 409 g/mol. The molecule has 0 saturated carbocycles. The number of benzene rings is 1. The zero-order valence-electron chi connectivity index (χ0n) is 11.7. The van der Waals surface area contributed by atoms with Crippen molar-refractivity contribution in [3.8, 4) is 0 Å². The fourth-order valence-corrected chi connectivity index (χ4v) is 3.05. The first kappa shape index (κ1) is 17.7. The van der Waals surface area contributed by atoms with Gasteiger partial charge in [0.15, 0.2) is 0 Å². The van der Waals surface area contributed by atoms with Crippen molar-refractivity contribution in [2.45, 2.75) is 26.2 Å². The molecule has 0 aromatic heterocycles. The maximum Gasteiger partial charge on any atom is 0.252 e. The Labute approximate surface area is 140 Å². The second kappa shape index (κ2) is 8.85. The summed E-state index contributed by atoms with van der Waals surface area (Å²) in [5, 5.41) is 6.45. The van der Waals surface area contributed by atoms with Crippen LogP contribution in [0.4, 0.5) is 0 Å². The molecule has 0 aliphatic carbocycles. The van der Waals surface area contributed by atoms with E-state index in [2.05, 4.69) is 33.2 Å². The molecule has 1 heterocycles. The van der Waals surface area contributed by atoms with E-state index in [9.17, 15) is 4.79 Å². The summed E-state index contributed by atoms with van der Waals surface area (Å²) in [6.45, 7) is 5.03. The Morgan fingerprint density at radius 1 is 1.50 bits per heavy atom. The fourth-order valence-electron chi connectivity index (χ4n) is 2.47. The topological polar surface area (TPSA) is 41.1 Å². The van der Waals surface area contributed by atoms with Crippen LogP contribution in [0, 0.1) is 16.4 Å². The number of piperidine rings is 1. The van der Waals surface area contributed by atoms with Crippen molar-refractivity contribution in [1.82, 2.24) is 10.6 Å². The summed E-state index contributed by atoms with van der Waals surface area (Å²) in [6.07, 6.45) is 3.61. The third kappa shape index (κ3) is 5.22. The van der Waals surface area contributed by atoms with E-state index >= 15 is 0 Å².